The van der Waals surface area contributed by atoms with Crippen LogP contribution in [0.2, 0.25) is 0 Å². The Morgan fingerprint density at radius 1 is 1.52 bits per heavy atom. The van der Waals surface area contributed by atoms with E-state index in [0.29, 0.717) is 21.9 Å². The first-order valence-corrected chi connectivity index (χ1v) is 8.71. The van der Waals surface area contributed by atoms with Crippen LogP contribution in [0.3, 0.4) is 0 Å². The van der Waals surface area contributed by atoms with Crippen molar-refractivity contribution < 1.29 is 4.74 Å². The summed E-state index contributed by atoms with van der Waals surface area (Å²) in [5.74, 6) is 1.15. The first-order chi connectivity index (χ1) is 10.0. The van der Waals surface area contributed by atoms with Crippen LogP contribution in [0.1, 0.15) is 44.8 Å². The Hall–Kier alpha value is -0.470. The predicted molar refractivity (Wildman–Crippen MR) is 91.5 cm³/mol. The van der Waals surface area contributed by atoms with Gasteiger partial charge in [-0.15, -0.1) is 0 Å². The van der Waals surface area contributed by atoms with E-state index in [-0.39, 0.29) is 11.7 Å². The first-order valence-electron chi connectivity index (χ1n) is 7.63. The fourth-order valence-electron chi connectivity index (χ4n) is 2.59. The normalized spacial score (nSPS) is 20.1. The molecule has 21 heavy (non-hydrogen) atoms. The molecule has 1 aromatic heterocycles. The minimum Gasteiger partial charge on any atom is -0.368 e. The molecule has 1 unspecified atom stereocenters. The second-order valence-electron chi connectivity index (χ2n) is 5.97. The number of ether oxygens (including phenoxy) is 1. The minimum atomic E-state index is -0.124. The van der Waals surface area contributed by atoms with Crippen LogP contribution >= 0.6 is 22.6 Å². The molecule has 0 spiro atoms. The quantitative estimate of drug-likeness (QED) is 0.765. The van der Waals surface area contributed by atoms with Crippen LogP contribution in [0.15, 0.2) is 4.79 Å². The largest absolute Gasteiger partial charge is 0.368 e. The van der Waals surface area contributed by atoms with Crippen molar-refractivity contribution in [1.82, 2.24) is 14.9 Å². The van der Waals surface area contributed by atoms with Crippen LogP contribution in [-0.2, 0) is 11.2 Å². The van der Waals surface area contributed by atoms with E-state index in [1.807, 2.05) is 0 Å². The summed E-state index contributed by atoms with van der Waals surface area (Å²) in [5, 5.41) is 0. The molecule has 0 radical (unpaired) electrons. The summed E-state index contributed by atoms with van der Waals surface area (Å²) in [6, 6.07) is 0. The summed E-state index contributed by atoms with van der Waals surface area (Å²) in [7, 11) is 0. The fraction of sp³-hybridized carbons (Fsp3) is 0.733. The maximum Gasteiger partial charge on any atom is 0.264 e. The average Bonchev–Trinajstić information content (AvgIpc) is 2.44. The third-order valence-electron chi connectivity index (χ3n) is 3.55. The number of aromatic nitrogens is 2. The average molecular weight is 405 g/mol. The van der Waals surface area contributed by atoms with Gasteiger partial charge in [0.25, 0.3) is 5.56 Å². The summed E-state index contributed by atoms with van der Waals surface area (Å²) in [6.45, 7) is 9.97. The first kappa shape index (κ1) is 16.9. The van der Waals surface area contributed by atoms with E-state index in [4.69, 9.17) is 4.74 Å². The van der Waals surface area contributed by atoms with Crippen LogP contribution in [0.5, 0.6) is 0 Å². The van der Waals surface area contributed by atoms with Crippen molar-refractivity contribution in [2.24, 2.45) is 5.92 Å². The Bertz CT molecular complexity index is 528. The molecule has 1 aliphatic heterocycles. The lowest BCUT2D eigenvalue weighted by molar-refractivity contribution is -0.0344. The molecule has 118 valence electrons. The number of rotatable bonds is 5. The zero-order chi connectivity index (χ0) is 15.4. The molecule has 1 aromatic rings. The Morgan fingerprint density at radius 2 is 2.29 bits per heavy atom. The summed E-state index contributed by atoms with van der Waals surface area (Å²) in [4.78, 5) is 22.1. The molecule has 0 aliphatic carbocycles. The minimum absolute atomic E-state index is 0.0486. The van der Waals surface area contributed by atoms with Crippen molar-refractivity contribution in [3.63, 3.8) is 0 Å². The van der Waals surface area contributed by atoms with E-state index in [1.165, 1.54) is 0 Å². The highest BCUT2D eigenvalue weighted by molar-refractivity contribution is 14.1. The van der Waals surface area contributed by atoms with Crippen molar-refractivity contribution in [1.29, 1.82) is 0 Å². The third kappa shape index (κ3) is 4.50. The van der Waals surface area contributed by atoms with Crippen LogP contribution in [-0.4, -0.2) is 41.1 Å². The molecule has 0 aromatic carbocycles. The number of aromatic amines is 1. The van der Waals surface area contributed by atoms with Gasteiger partial charge in [0.05, 0.1) is 15.9 Å². The highest BCUT2D eigenvalue weighted by Crippen LogP contribution is 2.20. The van der Waals surface area contributed by atoms with Gasteiger partial charge in [0, 0.05) is 13.1 Å². The zero-order valence-corrected chi connectivity index (χ0v) is 15.1. The van der Waals surface area contributed by atoms with Crippen LogP contribution in [0.25, 0.3) is 0 Å². The molecule has 2 heterocycles. The van der Waals surface area contributed by atoms with Gasteiger partial charge in [0.15, 0.2) is 0 Å². The van der Waals surface area contributed by atoms with Gasteiger partial charge in [0.2, 0.25) is 0 Å². The van der Waals surface area contributed by atoms with Crippen molar-refractivity contribution >= 4 is 22.6 Å². The third-order valence-corrected chi connectivity index (χ3v) is 4.66. The molecule has 1 N–H and O–H groups in total. The molecule has 0 bridgehead atoms. The van der Waals surface area contributed by atoms with Crippen molar-refractivity contribution in [2.75, 3.05) is 26.2 Å². The molecular weight excluding hydrogens is 381 g/mol. The van der Waals surface area contributed by atoms with Gasteiger partial charge in [-0.05, 0) is 47.9 Å². The van der Waals surface area contributed by atoms with Gasteiger partial charge >= 0.3 is 0 Å². The van der Waals surface area contributed by atoms with Gasteiger partial charge in [-0.2, -0.15) is 0 Å². The Labute approximate surface area is 139 Å². The summed E-state index contributed by atoms with van der Waals surface area (Å²) in [6.07, 6.45) is 1.82. The highest BCUT2D eigenvalue weighted by atomic mass is 127. The lowest BCUT2D eigenvalue weighted by Gasteiger charge is -2.32. The molecule has 1 atom stereocenters. The number of nitrogens with zero attached hydrogens (tertiary/aromatic N) is 2. The van der Waals surface area contributed by atoms with Gasteiger partial charge < -0.3 is 9.72 Å². The number of nitrogens with one attached hydrogen (secondary N) is 1. The Morgan fingerprint density at radius 3 is 2.95 bits per heavy atom. The van der Waals surface area contributed by atoms with Gasteiger partial charge in [0.1, 0.15) is 11.9 Å². The number of H-pyrrole nitrogens is 1. The monoisotopic (exact) mass is 405 g/mol. The van der Waals surface area contributed by atoms with E-state index in [9.17, 15) is 4.79 Å². The zero-order valence-electron chi connectivity index (χ0n) is 13.0. The SMILES string of the molecule is CCCN1CCOC(c2nc(CC(C)C)c(I)c(=O)[nH]2)C1. The van der Waals surface area contributed by atoms with Crippen molar-refractivity contribution in [3.8, 4) is 0 Å². The molecule has 6 heteroatoms. The lowest BCUT2D eigenvalue weighted by Crippen LogP contribution is -2.40. The van der Waals surface area contributed by atoms with Gasteiger partial charge in [-0.25, -0.2) is 4.98 Å². The lowest BCUT2D eigenvalue weighted by atomic mass is 10.1. The second kappa shape index (κ2) is 7.69. The molecule has 0 amide bonds. The molecule has 0 saturated carbocycles. The van der Waals surface area contributed by atoms with Gasteiger partial charge in [-0.1, -0.05) is 20.8 Å². The highest BCUT2D eigenvalue weighted by Gasteiger charge is 2.24. The van der Waals surface area contributed by atoms with E-state index in [2.05, 4.69) is 58.2 Å². The van der Waals surface area contributed by atoms with Gasteiger partial charge in [-0.3, -0.25) is 9.69 Å². The number of hydrogen-bond donors (Lipinski definition) is 1. The standard InChI is InChI=1S/C15H24IN3O2/c1-4-5-19-6-7-21-12(9-19)14-17-11(8-10(2)3)13(16)15(20)18-14/h10,12H,4-9H2,1-3H3,(H,17,18,20). The molecule has 5 nitrogen and oxygen atoms in total. The Kier molecular flexibility index (Phi) is 6.19. The summed E-state index contributed by atoms with van der Waals surface area (Å²) < 4.78 is 6.52. The topological polar surface area (TPSA) is 58.2 Å². The Balaban J connectivity index is 2.22. The van der Waals surface area contributed by atoms with Crippen LogP contribution in [0.4, 0.5) is 0 Å². The van der Waals surface area contributed by atoms with Crippen LogP contribution < -0.4 is 5.56 Å². The molecule has 1 aliphatic rings. The maximum absolute atomic E-state index is 12.1. The molecular formula is C15H24IN3O2. The smallest absolute Gasteiger partial charge is 0.264 e. The fourth-order valence-corrected chi connectivity index (χ4v) is 3.06. The van der Waals surface area contributed by atoms with E-state index in [0.717, 1.165) is 38.2 Å². The van der Waals surface area contributed by atoms with E-state index in [1.54, 1.807) is 0 Å². The molecule has 1 fully saturated rings. The summed E-state index contributed by atoms with van der Waals surface area (Å²) in [5.41, 5.74) is 0.841. The maximum atomic E-state index is 12.1. The molecule has 1 saturated heterocycles. The number of halogens is 1. The van der Waals surface area contributed by atoms with E-state index >= 15 is 0 Å². The number of morpholine rings is 1. The molecule has 2 rings (SSSR count). The second-order valence-corrected chi connectivity index (χ2v) is 7.05. The predicted octanol–water partition coefficient (Wildman–Crippen LogP) is 2.36. The van der Waals surface area contributed by atoms with Crippen molar-refractivity contribution in [3.05, 3.63) is 25.4 Å². The summed E-state index contributed by atoms with van der Waals surface area (Å²) >= 11 is 2.09. The van der Waals surface area contributed by atoms with Crippen molar-refractivity contribution in [2.45, 2.75) is 39.7 Å². The number of hydrogen-bond acceptors (Lipinski definition) is 4. The van der Waals surface area contributed by atoms with Crippen LogP contribution in [0, 0.1) is 9.49 Å². The van der Waals surface area contributed by atoms with E-state index < -0.39 is 0 Å².